The van der Waals surface area contributed by atoms with Gasteiger partial charge in [0.1, 0.15) is 0 Å². The van der Waals surface area contributed by atoms with Crippen molar-refractivity contribution >= 4 is 0 Å². The number of hydrogen-bond donors (Lipinski definition) is 0. The Kier molecular flexibility index (Phi) is 3.19. The van der Waals surface area contributed by atoms with Crippen molar-refractivity contribution in [2.24, 2.45) is 0 Å². The van der Waals surface area contributed by atoms with Gasteiger partial charge >= 0.3 is 0 Å². The van der Waals surface area contributed by atoms with Gasteiger partial charge in [0.25, 0.3) is 0 Å². The van der Waals surface area contributed by atoms with E-state index in [1.807, 2.05) is 20.0 Å². The predicted molar refractivity (Wildman–Crippen MR) is 55.9 cm³/mol. The lowest BCUT2D eigenvalue weighted by atomic mass is 10.5. The second-order valence-electron chi connectivity index (χ2n) is 3.28. The third-order valence-electron chi connectivity index (χ3n) is 2.11. The summed E-state index contributed by atoms with van der Waals surface area (Å²) >= 11 is 0. The number of rotatable bonds is 5. The maximum absolute atomic E-state index is 5.46. The zero-order chi connectivity index (χ0) is 11.4. The molecule has 0 N–H and O–H groups in total. The fourth-order valence-corrected chi connectivity index (χ4v) is 1.23. The van der Waals surface area contributed by atoms with Crippen molar-refractivity contribution in [3.05, 3.63) is 24.1 Å². The summed E-state index contributed by atoms with van der Waals surface area (Å²) in [5, 5.41) is 7.89. The fourth-order valence-electron chi connectivity index (χ4n) is 1.23. The van der Waals surface area contributed by atoms with Gasteiger partial charge in [0.2, 0.25) is 11.7 Å². The highest BCUT2D eigenvalue weighted by atomic mass is 16.5. The van der Waals surface area contributed by atoms with Crippen molar-refractivity contribution in [1.82, 2.24) is 19.9 Å². The Balaban J connectivity index is 1.91. The molecule has 0 atom stereocenters. The van der Waals surface area contributed by atoms with Gasteiger partial charge in [-0.05, 0) is 6.92 Å². The normalized spacial score (nSPS) is 10.6. The number of ether oxygens (including phenoxy) is 1. The van der Waals surface area contributed by atoms with Gasteiger partial charge in [-0.25, -0.2) is 0 Å². The zero-order valence-corrected chi connectivity index (χ0v) is 9.38. The molecule has 2 aromatic heterocycles. The number of aromatic nitrogens is 4. The second kappa shape index (κ2) is 4.78. The minimum Gasteiger partial charge on any atom is -0.482 e. The molecule has 0 aromatic carbocycles. The van der Waals surface area contributed by atoms with Gasteiger partial charge in [-0.15, -0.1) is 0 Å². The van der Waals surface area contributed by atoms with Gasteiger partial charge in [-0.1, -0.05) is 12.1 Å². The molecule has 16 heavy (non-hydrogen) atoms. The molecule has 2 rings (SSSR count). The van der Waals surface area contributed by atoms with E-state index in [9.17, 15) is 0 Å². The molecule has 0 saturated carbocycles. The standard InChI is InChI=1S/C10H14N4O2/c1-3-10-12-9(13-16-10)7-15-8-5-11-14(4-2)6-8/h5-6H,3-4,7H2,1-2H3. The summed E-state index contributed by atoms with van der Waals surface area (Å²) < 4.78 is 12.2. The Morgan fingerprint density at radius 3 is 2.94 bits per heavy atom. The lowest BCUT2D eigenvalue weighted by Gasteiger charge is -1.97. The van der Waals surface area contributed by atoms with Gasteiger partial charge in [0, 0.05) is 13.0 Å². The van der Waals surface area contributed by atoms with E-state index in [2.05, 4.69) is 15.2 Å². The van der Waals surface area contributed by atoms with Crippen LogP contribution >= 0.6 is 0 Å². The molecule has 0 aliphatic rings. The van der Waals surface area contributed by atoms with Crippen molar-refractivity contribution < 1.29 is 9.26 Å². The minimum atomic E-state index is 0.304. The molecule has 0 amide bonds. The molecule has 0 spiro atoms. The van der Waals surface area contributed by atoms with Gasteiger partial charge in [0.05, 0.1) is 12.4 Å². The van der Waals surface area contributed by atoms with Gasteiger partial charge in [-0.3, -0.25) is 4.68 Å². The average Bonchev–Trinajstić information content (AvgIpc) is 2.95. The molecule has 6 nitrogen and oxygen atoms in total. The second-order valence-corrected chi connectivity index (χ2v) is 3.28. The highest BCUT2D eigenvalue weighted by molar-refractivity contribution is 5.11. The molecule has 2 aromatic rings. The molecule has 86 valence electrons. The summed E-state index contributed by atoms with van der Waals surface area (Å²) in [4.78, 5) is 4.14. The van der Waals surface area contributed by atoms with Crippen LogP contribution in [0.25, 0.3) is 0 Å². The van der Waals surface area contributed by atoms with Crippen molar-refractivity contribution in [3.8, 4) is 5.75 Å². The summed E-state index contributed by atoms with van der Waals surface area (Å²) in [5.74, 6) is 1.90. The Morgan fingerprint density at radius 1 is 1.44 bits per heavy atom. The SMILES string of the molecule is CCc1nc(COc2cnn(CC)c2)no1. The summed E-state index contributed by atoms with van der Waals surface area (Å²) in [6.07, 6.45) is 4.24. The lowest BCUT2D eigenvalue weighted by molar-refractivity contribution is 0.285. The first-order chi connectivity index (χ1) is 7.81. The van der Waals surface area contributed by atoms with Crippen molar-refractivity contribution in [2.75, 3.05) is 0 Å². The molecule has 0 fully saturated rings. The summed E-state index contributed by atoms with van der Waals surface area (Å²) in [7, 11) is 0. The van der Waals surface area contributed by atoms with E-state index in [0.717, 1.165) is 13.0 Å². The van der Waals surface area contributed by atoms with E-state index in [0.29, 0.717) is 24.1 Å². The summed E-state index contributed by atoms with van der Waals surface area (Å²) in [6.45, 7) is 5.11. The maximum Gasteiger partial charge on any atom is 0.226 e. The van der Waals surface area contributed by atoms with Crippen molar-refractivity contribution in [3.63, 3.8) is 0 Å². The topological polar surface area (TPSA) is 66.0 Å². The van der Waals surface area contributed by atoms with E-state index in [1.54, 1.807) is 10.9 Å². The minimum absolute atomic E-state index is 0.304. The number of aryl methyl sites for hydroxylation is 2. The third-order valence-corrected chi connectivity index (χ3v) is 2.11. The van der Waals surface area contributed by atoms with Crippen LogP contribution in [0, 0.1) is 0 Å². The van der Waals surface area contributed by atoms with Crippen LogP contribution in [-0.2, 0) is 19.6 Å². The molecule has 0 aliphatic heterocycles. The Labute approximate surface area is 93.2 Å². The Morgan fingerprint density at radius 2 is 2.31 bits per heavy atom. The predicted octanol–water partition coefficient (Wildman–Crippen LogP) is 1.43. The number of nitrogens with zero attached hydrogens (tertiary/aromatic N) is 4. The van der Waals surface area contributed by atoms with Crippen LogP contribution in [0.1, 0.15) is 25.6 Å². The van der Waals surface area contributed by atoms with E-state index >= 15 is 0 Å². The lowest BCUT2D eigenvalue weighted by Crippen LogP contribution is -1.97. The highest BCUT2D eigenvalue weighted by Crippen LogP contribution is 2.10. The summed E-state index contributed by atoms with van der Waals surface area (Å²) in [5.41, 5.74) is 0. The van der Waals surface area contributed by atoms with Crippen LogP contribution in [0.3, 0.4) is 0 Å². The van der Waals surface area contributed by atoms with E-state index in [4.69, 9.17) is 9.26 Å². The average molecular weight is 222 g/mol. The molecule has 0 aliphatic carbocycles. The quantitative estimate of drug-likeness (QED) is 0.765. The Bertz CT molecular complexity index is 407. The van der Waals surface area contributed by atoms with Gasteiger partial charge in [-0.2, -0.15) is 10.1 Å². The van der Waals surface area contributed by atoms with Crippen molar-refractivity contribution in [1.29, 1.82) is 0 Å². The van der Waals surface area contributed by atoms with E-state index in [-0.39, 0.29) is 0 Å². The summed E-state index contributed by atoms with van der Waals surface area (Å²) in [6, 6.07) is 0. The third kappa shape index (κ3) is 2.39. The van der Waals surface area contributed by atoms with Crippen molar-refractivity contribution in [2.45, 2.75) is 33.4 Å². The van der Waals surface area contributed by atoms with Gasteiger partial charge < -0.3 is 9.26 Å². The molecule has 2 heterocycles. The largest absolute Gasteiger partial charge is 0.482 e. The Hall–Kier alpha value is -1.85. The molecule has 0 bridgehead atoms. The fraction of sp³-hybridized carbons (Fsp3) is 0.500. The first-order valence-electron chi connectivity index (χ1n) is 5.28. The first-order valence-corrected chi connectivity index (χ1v) is 5.28. The zero-order valence-electron chi connectivity index (χ0n) is 9.38. The smallest absolute Gasteiger partial charge is 0.226 e. The van der Waals surface area contributed by atoms with Gasteiger partial charge in [0.15, 0.2) is 12.4 Å². The molecule has 0 saturated heterocycles. The van der Waals surface area contributed by atoms with Crippen LogP contribution in [0.2, 0.25) is 0 Å². The number of hydrogen-bond acceptors (Lipinski definition) is 5. The maximum atomic E-state index is 5.46. The molecule has 0 unspecified atom stereocenters. The van der Waals surface area contributed by atoms with Crippen LogP contribution in [0.15, 0.2) is 16.9 Å². The van der Waals surface area contributed by atoms with Crippen LogP contribution < -0.4 is 4.74 Å². The highest BCUT2D eigenvalue weighted by Gasteiger charge is 2.05. The van der Waals surface area contributed by atoms with E-state index in [1.165, 1.54) is 0 Å². The van der Waals surface area contributed by atoms with Crippen LogP contribution in [0.4, 0.5) is 0 Å². The van der Waals surface area contributed by atoms with E-state index < -0.39 is 0 Å². The monoisotopic (exact) mass is 222 g/mol. The molecular weight excluding hydrogens is 208 g/mol. The molecule has 0 radical (unpaired) electrons. The first kappa shape index (κ1) is 10.7. The molecular formula is C10H14N4O2. The molecule has 6 heteroatoms. The van der Waals surface area contributed by atoms with Crippen LogP contribution in [-0.4, -0.2) is 19.9 Å². The van der Waals surface area contributed by atoms with Crippen LogP contribution in [0.5, 0.6) is 5.75 Å².